The van der Waals surface area contributed by atoms with Crippen molar-refractivity contribution in [1.82, 2.24) is 9.88 Å². The molecular formula is C19H12F2N2O2. The van der Waals surface area contributed by atoms with E-state index in [1.165, 1.54) is 31.3 Å². The maximum Gasteiger partial charge on any atom is 0.262 e. The summed E-state index contributed by atoms with van der Waals surface area (Å²) in [7, 11) is 0. The first-order valence-electron chi connectivity index (χ1n) is 7.70. The predicted octanol–water partition coefficient (Wildman–Crippen LogP) is 3.87. The lowest BCUT2D eigenvalue weighted by Crippen LogP contribution is -2.33. The molecule has 0 saturated heterocycles. The topological polar surface area (TPSA) is 50.3 Å². The van der Waals surface area contributed by atoms with Gasteiger partial charge in [0.2, 0.25) is 0 Å². The molecule has 6 heteroatoms. The summed E-state index contributed by atoms with van der Waals surface area (Å²) in [5, 5.41) is 0.141. The summed E-state index contributed by atoms with van der Waals surface area (Å²) >= 11 is 0. The number of imide groups is 1. The number of pyridine rings is 1. The number of amides is 2. The van der Waals surface area contributed by atoms with Crippen LogP contribution >= 0.6 is 0 Å². The molecule has 1 aliphatic rings. The molecule has 1 unspecified atom stereocenters. The molecule has 0 radical (unpaired) electrons. The largest absolute Gasteiger partial charge is 0.269 e. The highest BCUT2D eigenvalue weighted by molar-refractivity contribution is 6.21. The Hall–Kier alpha value is -3.15. The Morgan fingerprint density at radius 1 is 1.00 bits per heavy atom. The Morgan fingerprint density at radius 3 is 2.28 bits per heavy atom. The van der Waals surface area contributed by atoms with Gasteiger partial charge < -0.3 is 0 Å². The molecule has 2 aromatic carbocycles. The molecule has 124 valence electrons. The lowest BCUT2D eigenvalue weighted by Gasteiger charge is -2.24. The normalized spacial score (nSPS) is 14.9. The highest BCUT2D eigenvalue weighted by Crippen LogP contribution is 2.35. The number of rotatable bonds is 2. The molecule has 0 N–H and O–H groups in total. The first-order valence-corrected chi connectivity index (χ1v) is 7.70. The van der Waals surface area contributed by atoms with Gasteiger partial charge in [-0.15, -0.1) is 0 Å². The van der Waals surface area contributed by atoms with Crippen molar-refractivity contribution in [2.24, 2.45) is 0 Å². The number of nitrogens with zero attached hydrogens (tertiary/aromatic N) is 2. The van der Waals surface area contributed by atoms with Gasteiger partial charge in [-0.25, -0.2) is 8.78 Å². The maximum absolute atomic E-state index is 14.9. The van der Waals surface area contributed by atoms with Gasteiger partial charge in [-0.1, -0.05) is 12.1 Å². The Labute approximate surface area is 141 Å². The number of carbonyl (C=O) groups is 2. The molecule has 2 heterocycles. The second kappa shape index (κ2) is 5.44. The van der Waals surface area contributed by atoms with Crippen molar-refractivity contribution >= 4 is 22.7 Å². The van der Waals surface area contributed by atoms with Gasteiger partial charge in [0.1, 0.15) is 11.6 Å². The minimum atomic E-state index is -1.09. The van der Waals surface area contributed by atoms with Gasteiger partial charge in [-0.3, -0.25) is 19.5 Å². The SMILES string of the molecule is CC(c1c(F)cc2ncccc2c1F)N1C(=O)c2ccccc2C1=O. The van der Waals surface area contributed by atoms with Crippen LogP contribution in [0.3, 0.4) is 0 Å². The van der Waals surface area contributed by atoms with Gasteiger partial charge in [0.25, 0.3) is 11.8 Å². The summed E-state index contributed by atoms with van der Waals surface area (Å²) in [5.41, 5.74) is 0.330. The molecular weight excluding hydrogens is 326 g/mol. The van der Waals surface area contributed by atoms with E-state index in [-0.39, 0.29) is 27.6 Å². The molecule has 1 aliphatic heterocycles. The van der Waals surface area contributed by atoms with E-state index < -0.39 is 29.5 Å². The molecule has 4 rings (SSSR count). The maximum atomic E-state index is 14.9. The van der Waals surface area contributed by atoms with Gasteiger partial charge in [0, 0.05) is 23.2 Å². The molecule has 3 aromatic rings. The summed E-state index contributed by atoms with van der Waals surface area (Å²) in [5.74, 6) is -2.77. The van der Waals surface area contributed by atoms with Crippen LogP contribution in [0.2, 0.25) is 0 Å². The summed E-state index contributed by atoms with van der Waals surface area (Å²) in [6.07, 6.45) is 1.44. The molecule has 2 amide bonds. The molecule has 0 bridgehead atoms. The molecule has 25 heavy (non-hydrogen) atoms. The molecule has 0 saturated carbocycles. The Balaban J connectivity index is 1.85. The first kappa shape index (κ1) is 15.4. The van der Waals surface area contributed by atoms with Crippen molar-refractivity contribution in [3.8, 4) is 0 Å². The Morgan fingerprint density at radius 2 is 1.64 bits per heavy atom. The van der Waals surface area contributed by atoms with Crippen LogP contribution in [0, 0.1) is 11.6 Å². The van der Waals surface area contributed by atoms with E-state index in [9.17, 15) is 18.4 Å². The Kier molecular flexibility index (Phi) is 3.35. The highest BCUT2D eigenvalue weighted by Gasteiger charge is 2.40. The van der Waals surface area contributed by atoms with Crippen LogP contribution in [0.1, 0.15) is 39.2 Å². The van der Waals surface area contributed by atoms with Crippen LogP contribution in [-0.2, 0) is 0 Å². The van der Waals surface area contributed by atoms with E-state index >= 15 is 0 Å². The lowest BCUT2D eigenvalue weighted by atomic mass is 10.0. The summed E-state index contributed by atoms with van der Waals surface area (Å²) in [6, 6.07) is 9.38. The van der Waals surface area contributed by atoms with Gasteiger partial charge in [0.05, 0.1) is 22.7 Å². The van der Waals surface area contributed by atoms with Gasteiger partial charge in [-0.05, 0) is 31.2 Å². The fraction of sp³-hybridized carbons (Fsp3) is 0.105. The number of hydrogen-bond acceptors (Lipinski definition) is 3. The monoisotopic (exact) mass is 338 g/mol. The zero-order valence-electron chi connectivity index (χ0n) is 13.2. The molecule has 0 fully saturated rings. The van der Waals surface area contributed by atoms with Gasteiger partial charge >= 0.3 is 0 Å². The third-order valence-corrected chi connectivity index (χ3v) is 4.46. The number of aromatic nitrogens is 1. The average molecular weight is 338 g/mol. The smallest absolute Gasteiger partial charge is 0.262 e. The van der Waals surface area contributed by atoms with Crippen molar-refractivity contribution in [2.75, 3.05) is 0 Å². The van der Waals surface area contributed by atoms with Crippen LogP contribution in [0.4, 0.5) is 8.78 Å². The molecule has 1 aromatic heterocycles. The minimum Gasteiger partial charge on any atom is -0.269 e. The van der Waals surface area contributed by atoms with Crippen LogP contribution in [0.25, 0.3) is 10.9 Å². The lowest BCUT2D eigenvalue weighted by molar-refractivity contribution is 0.0591. The van der Waals surface area contributed by atoms with Crippen molar-refractivity contribution < 1.29 is 18.4 Å². The van der Waals surface area contributed by atoms with E-state index in [1.807, 2.05) is 0 Å². The number of carbonyl (C=O) groups excluding carboxylic acids is 2. The quantitative estimate of drug-likeness (QED) is 0.667. The summed E-state index contributed by atoms with van der Waals surface area (Å²) in [4.78, 5) is 29.9. The molecule has 1 atom stereocenters. The van der Waals surface area contributed by atoms with E-state index in [1.54, 1.807) is 18.2 Å². The second-order valence-electron chi connectivity index (χ2n) is 5.86. The molecule has 0 aliphatic carbocycles. The van der Waals surface area contributed by atoms with E-state index in [4.69, 9.17) is 0 Å². The first-order chi connectivity index (χ1) is 12.0. The average Bonchev–Trinajstić information content (AvgIpc) is 2.86. The van der Waals surface area contributed by atoms with Gasteiger partial charge in [-0.2, -0.15) is 0 Å². The third-order valence-electron chi connectivity index (χ3n) is 4.46. The summed E-state index contributed by atoms with van der Waals surface area (Å²) in [6.45, 7) is 1.44. The van der Waals surface area contributed by atoms with Crippen molar-refractivity contribution in [3.63, 3.8) is 0 Å². The molecule has 4 nitrogen and oxygen atoms in total. The molecule has 0 spiro atoms. The van der Waals surface area contributed by atoms with Crippen molar-refractivity contribution in [2.45, 2.75) is 13.0 Å². The number of hydrogen-bond donors (Lipinski definition) is 0. The fourth-order valence-electron chi connectivity index (χ4n) is 3.24. The van der Waals surface area contributed by atoms with E-state index in [2.05, 4.69) is 4.98 Å². The standard InChI is InChI=1S/C19H12F2N2O2/c1-10(23-18(24)11-5-2-3-6-12(11)19(23)25)16-14(20)9-15-13(17(16)21)7-4-8-22-15/h2-10H,1H3. The van der Waals surface area contributed by atoms with Crippen LogP contribution in [0.15, 0.2) is 48.7 Å². The van der Waals surface area contributed by atoms with Crippen LogP contribution in [-0.4, -0.2) is 21.7 Å². The fourth-order valence-corrected chi connectivity index (χ4v) is 3.24. The zero-order valence-corrected chi connectivity index (χ0v) is 13.2. The number of halogens is 2. The van der Waals surface area contributed by atoms with E-state index in [0.29, 0.717) is 0 Å². The highest BCUT2D eigenvalue weighted by atomic mass is 19.1. The van der Waals surface area contributed by atoms with Gasteiger partial charge in [0.15, 0.2) is 0 Å². The minimum absolute atomic E-state index is 0.141. The van der Waals surface area contributed by atoms with Crippen molar-refractivity contribution in [3.05, 3.63) is 77.0 Å². The summed E-state index contributed by atoms with van der Waals surface area (Å²) < 4.78 is 29.4. The number of fused-ring (bicyclic) bond motifs is 2. The van der Waals surface area contributed by atoms with Crippen LogP contribution in [0.5, 0.6) is 0 Å². The van der Waals surface area contributed by atoms with E-state index in [0.717, 1.165) is 11.0 Å². The number of benzene rings is 2. The Bertz CT molecular complexity index is 1010. The second-order valence-corrected chi connectivity index (χ2v) is 5.86. The van der Waals surface area contributed by atoms with Crippen molar-refractivity contribution in [1.29, 1.82) is 0 Å². The third kappa shape index (κ3) is 2.14. The predicted molar refractivity (Wildman–Crippen MR) is 87.0 cm³/mol. The zero-order chi connectivity index (χ0) is 17.7. The van der Waals surface area contributed by atoms with Crippen LogP contribution < -0.4 is 0 Å².